The van der Waals surface area contributed by atoms with E-state index < -0.39 is 6.23 Å². The van der Waals surface area contributed by atoms with Crippen molar-refractivity contribution in [2.45, 2.75) is 25.3 Å². The second-order valence-electron chi connectivity index (χ2n) is 3.93. The van der Waals surface area contributed by atoms with E-state index in [0.717, 1.165) is 11.3 Å². The number of esters is 1. The molecule has 0 aromatic heterocycles. The maximum absolute atomic E-state index is 11.4. The zero-order chi connectivity index (χ0) is 12.3. The van der Waals surface area contributed by atoms with Crippen molar-refractivity contribution in [2.24, 2.45) is 0 Å². The van der Waals surface area contributed by atoms with Gasteiger partial charge in [0.05, 0.1) is 7.11 Å². The Morgan fingerprint density at radius 1 is 1.47 bits per heavy atom. The second-order valence-corrected chi connectivity index (χ2v) is 3.93. The first kappa shape index (κ1) is 11.9. The lowest BCUT2D eigenvalue weighted by Crippen LogP contribution is -2.56. The van der Waals surface area contributed by atoms with Crippen LogP contribution in [-0.2, 0) is 16.1 Å². The van der Waals surface area contributed by atoms with Crippen molar-refractivity contribution in [3.05, 3.63) is 29.8 Å². The summed E-state index contributed by atoms with van der Waals surface area (Å²) in [6, 6.07) is 6.94. The number of benzene rings is 1. The molecular weight excluding hydrogens is 222 g/mol. The fourth-order valence-electron chi connectivity index (χ4n) is 1.57. The van der Waals surface area contributed by atoms with Gasteiger partial charge in [0.25, 0.3) is 0 Å². The van der Waals surface area contributed by atoms with Gasteiger partial charge in [0.2, 0.25) is 0 Å². The smallest absolute Gasteiger partial charge is 0.323 e. The highest BCUT2D eigenvalue weighted by Crippen LogP contribution is 2.14. The summed E-state index contributed by atoms with van der Waals surface area (Å²) in [5.74, 6) is 0.440. The summed E-state index contributed by atoms with van der Waals surface area (Å²) in [6.07, 6.45) is -0.157. The predicted molar refractivity (Wildman–Crippen MR) is 60.3 cm³/mol. The van der Waals surface area contributed by atoms with Gasteiger partial charge in [0.1, 0.15) is 24.6 Å². The molecule has 1 aromatic rings. The van der Waals surface area contributed by atoms with Gasteiger partial charge < -0.3 is 14.6 Å². The number of rotatable bonds is 4. The Morgan fingerprint density at radius 2 is 2.12 bits per heavy atom. The first-order valence-corrected chi connectivity index (χ1v) is 5.42. The standard InChI is InChI=1S/C12H15NO4/c1-16-9-4-2-8(3-5-9)7-17-12(15)10-6-11(14)13-10/h2-5,10-11,13-14H,6-7H2,1H3/t10-,11?/m0/s1. The molecule has 1 heterocycles. The molecule has 0 saturated carbocycles. The molecule has 0 radical (unpaired) electrons. The third-order valence-electron chi connectivity index (χ3n) is 2.68. The average Bonchev–Trinajstić information content (AvgIpc) is 2.32. The molecule has 0 spiro atoms. The van der Waals surface area contributed by atoms with Crippen molar-refractivity contribution in [2.75, 3.05) is 7.11 Å². The van der Waals surface area contributed by atoms with E-state index in [2.05, 4.69) is 5.32 Å². The topological polar surface area (TPSA) is 67.8 Å². The van der Waals surface area contributed by atoms with Crippen LogP contribution < -0.4 is 10.1 Å². The molecule has 5 nitrogen and oxygen atoms in total. The predicted octanol–water partition coefficient (Wildman–Crippen LogP) is 0.419. The molecule has 1 fully saturated rings. The number of hydrogen-bond donors (Lipinski definition) is 2. The zero-order valence-electron chi connectivity index (χ0n) is 9.55. The van der Waals surface area contributed by atoms with Crippen LogP contribution in [0.4, 0.5) is 0 Å². The average molecular weight is 237 g/mol. The third-order valence-corrected chi connectivity index (χ3v) is 2.68. The van der Waals surface area contributed by atoms with Crippen LogP contribution in [0.25, 0.3) is 0 Å². The zero-order valence-corrected chi connectivity index (χ0v) is 9.55. The minimum atomic E-state index is -0.575. The van der Waals surface area contributed by atoms with Gasteiger partial charge in [-0.15, -0.1) is 0 Å². The third kappa shape index (κ3) is 2.95. The molecule has 0 amide bonds. The van der Waals surface area contributed by atoms with Crippen LogP contribution >= 0.6 is 0 Å². The Kier molecular flexibility index (Phi) is 3.61. The van der Waals surface area contributed by atoms with Crippen LogP contribution in [0.3, 0.4) is 0 Å². The summed E-state index contributed by atoms with van der Waals surface area (Å²) in [6.45, 7) is 0.233. The van der Waals surface area contributed by atoms with Gasteiger partial charge in [-0.25, -0.2) is 0 Å². The van der Waals surface area contributed by atoms with E-state index in [-0.39, 0.29) is 18.6 Å². The minimum Gasteiger partial charge on any atom is -0.497 e. The van der Waals surface area contributed by atoms with Crippen LogP contribution in [0.1, 0.15) is 12.0 Å². The van der Waals surface area contributed by atoms with E-state index in [4.69, 9.17) is 14.6 Å². The summed E-state index contributed by atoms with van der Waals surface area (Å²) in [4.78, 5) is 11.4. The number of aliphatic hydroxyl groups is 1. The molecule has 2 atom stereocenters. The number of hydrogen-bond acceptors (Lipinski definition) is 5. The van der Waals surface area contributed by atoms with Crippen LogP contribution in [0, 0.1) is 0 Å². The van der Waals surface area contributed by atoms with Gasteiger partial charge in [-0.3, -0.25) is 10.1 Å². The number of nitrogens with one attached hydrogen (secondary N) is 1. The maximum Gasteiger partial charge on any atom is 0.323 e. The van der Waals surface area contributed by atoms with Gasteiger partial charge in [-0.1, -0.05) is 12.1 Å². The quantitative estimate of drug-likeness (QED) is 0.743. The van der Waals surface area contributed by atoms with Crippen LogP contribution in [-0.4, -0.2) is 30.5 Å². The van der Waals surface area contributed by atoms with E-state index in [9.17, 15) is 4.79 Å². The molecule has 1 unspecified atom stereocenters. The maximum atomic E-state index is 11.4. The minimum absolute atomic E-state index is 0.233. The summed E-state index contributed by atoms with van der Waals surface area (Å²) in [7, 11) is 1.60. The summed E-state index contributed by atoms with van der Waals surface area (Å²) in [5.41, 5.74) is 0.902. The van der Waals surface area contributed by atoms with Crippen molar-refractivity contribution < 1.29 is 19.4 Å². The van der Waals surface area contributed by atoms with Crippen molar-refractivity contribution in [3.8, 4) is 5.75 Å². The molecule has 1 saturated heterocycles. The summed E-state index contributed by atoms with van der Waals surface area (Å²) in [5, 5.41) is 11.6. The number of carbonyl (C=O) groups excluding carboxylic acids is 1. The fraction of sp³-hybridized carbons (Fsp3) is 0.417. The van der Waals surface area contributed by atoms with Gasteiger partial charge in [0.15, 0.2) is 0 Å². The molecule has 92 valence electrons. The Hall–Kier alpha value is -1.59. The van der Waals surface area contributed by atoms with Crippen molar-refractivity contribution in [1.82, 2.24) is 5.32 Å². The molecule has 1 aliphatic heterocycles. The van der Waals surface area contributed by atoms with Crippen LogP contribution in [0.15, 0.2) is 24.3 Å². The largest absolute Gasteiger partial charge is 0.497 e. The van der Waals surface area contributed by atoms with Crippen molar-refractivity contribution in [3.63, 3.8) is 0 Å². The molecule has 2 N–H and O–H groups in total. The highest BCUT2D eigenvalue weighted by Gasteiger charge is 2.33. The van der Waals surface area contributed by atoms with Gasteiger partial charge in [-0.05, 0) is 17.7 Å². The van der Waals surface area contributed by atoms with E-state index in [1.807, 2.05) is 24.3 Å². The number of ether oxygens (including phenoxy) is 2. The lowest BCUT2D eigenvalue weighted by molar-refractivity contribution is -0.154. The molecule has 5 heteroatoms. The summed E-state index contributed by atoms with van der Waals surface area (Å²) < 4.78 is 10.1. The Labute approximate surface area is 99.3 Å². The van der Waals surface area contributed by atoms with Crippen LogP contribution in [0.2, 0.25) is 0 Å². The van der Waals surface area contributed by atoms with E-state index in [1.165, 1.54) is 0 Å². The molecule has 17 heavy (non-hydrogen) atoms. The molecule has 1 aliphatic rings. The molecule has 1 aromatic carbocycles. The number of carbonyl (C=O) groups is 1. The Balaban J connectivity index is 1.79. The second kappa shape index (κ2) is 5.16. The molecule has 2 rings (SSSR count). The van der Waals surface area contributed by atoms with Crippen molar-refractivity contribution >= 4 is 5.97 Å². The Morgan fingerprint density at radius 3 is 2.65 bits per heavy atom. The summed E-state index contributed by atoms with van der Waals surface area (Å²) >= 11 is 0. The molecule has 0 bridgehead atoms. The molecule has 0 aliphatic carbocycles. The lowest BCUT2D eigenvalue weighted by Gasteiger charge is -2.31. The Bertz CT molecular complexity index is 384. The van der Waals surface area contributed by atoms with Crippen molar-refractivity contribution in [1.29, 1.82) is 0 Å². The highest BCUT2D eigenvalue weighted by atomic mass is 16.5. The number of aliphatic hydroxyl groups excluding tert-OH is 1. The van der Waals surface area contributed by atoms with Crippen LogP contribution in [0.5, 0.6) is 5.75 Å². The molecular formula is C12H15NO4. The lowest BCUT2D eigenvalue weighted by atomic mass is 10.1. The monoisotopic (exact) mass is 237 g/mol. The van der Waals surface area contributed by atoms with Gasteiger partial charge >= 0.3 is 5.97 Å². The highest BCUT2D eigenvalue weighted by molar-refractivity contribution is 5.76. The number of methoxy groups -OCH3 is 1. The van der Waals surface area contributed by atoms with E-state index in [0.29, 0.717) is 6.42 Å². The van der Waals surface area contributed by atoms with E-state index in [1.54, 1.807) is 7.11 Å². The van der Waals surface area contributed by atoms with E-state index >= 15 is 0 Å². The first-order chi connectivity index (χ1) is 8.19. The first-order valence-electron chi connectivity index (χ1n) is 5.42. The van der Waals surface area contributed by atoms with Gasteiger partial charge in [0, 0.05) is 6.42 Å². The normalized spacial score (nSPS) is 22.7. The fourth-order valence-corrected chi connectivity index (χ4v) is 1.57. The SMILES string of the molecule is COc1ccc(COC(=O)[C@@H]2CC(O)N2)cc1. The van der Waals surface area contributed by atoms with Gasteiger partial charge in [-0.2, -0.15) is 0 Å².